The minimum Gasteiger partial charge on any atom is -0.392 e. The van der Waals surface area contributed by atoms with E-state index in [4.69, 9.17) is 5.11 Å². The molecule has 2 N–H and O–H groups in total. The maximum atomic E-state index is 9.16. The predicted octanol–water partition coefficient (Wildman–Crippen LogP) is 1.89. The summed E-state index contributed by atoms with van der Waals surface area (Å²) in [5.74, 6) is 0. The van der Waals surface area contributed by atoms with Crippen molar-refractivity contribution < 1.29 is 5.11 Å². The van der Waals surface area contributed by atoms with Crippen LogP contribution >= 0.6 is 0 Å². The molecule has 0 aromatic heterocycles. The summed E-state index contributed by atoms with van der Waals surface area (Å²) < 4.78 is 0. The number of piperidine rings is 1. The van der Waals surface area contributed by atoms with E-state index in [0.717, 1.165) is 24.2 Å². The first kappa shape index (κ1) is 13.1. The summed E-state index contributed by atoms with van der Waals surface area (Å²) in [5.41, 5.74) is 2.28. The van der Waals surface area contributed by atoms with Gasteiger partial charge in [-0.1, -0.05) is 24.3 Å². The molecule has 104 valence electrons. The Morgan fingerprint density at radius 3 is 2.58 bits per heavy atom. The molecule has 1 aromatic carbocycles. The van der Waals surface area contributed by atoms with Crippen molar-refractivity contribution >= 4 is 0 Å². The van der Waals surface area contributed by atoms with Gasteiger partial charge < -0.3 is 15.3 Å². The smallest absolute Gasteiger partial charge is 0.0681 e. The van der Waals surface area contributed by atoms with Crippen molar-refractivity contribution in [3.63, 3.8) is 0 Å². The van der Waals surface area contributed by atoms with Crippen LogP contribution in [0.1, 0.15) is 36.8 Å². The molecular formula is C16H24N2O. The fourth-order valence-corrected chi connectivity index (χ4v) is 3.68. The van der Waals surface area contributed by atoms with Gasteiger partial charge in [0, 0.05) is 24.7 Å². The van der Waals surface area contributed by atoms with Crippen LogP contribution in [-0.4, -0.2) is 35.2 Å². The molecule has 2 atom stereocenters. The van der Waals surface area contributed by atoms with Gasteiger partial charge in [-0.25, -0.2) is 0 Å². The van der Waals surface area contributed by atoms with Crippen molar-refractivity contribution in [3.05, 3.63) is 35.4 Å². The first-order chi connectivity index (χ1) is 9.26. The van der Waals surface area contributed by atoms with Crippen LogP contribution in [0.4, 0.5) is 0 Å². The van der Waals surface area contributed by atoms with E-state index in [1.807, 2.05) is 12.1 Å². The number of hydrogen-bond acceptors (Lipinski definition) is 3. The highest BCUT2D eigenvalue weighted by Gasteiger charge is 2.37. The SMILES string of the molecule is CN1C2CCC1CC(NCc1cccc(CO)c1)C2. The highest BCUT2D eigenvalue weighted by atomic mass is 16.3. The summed E-state index contributed by atoms with van der Waals surface area (Å²) in [7, 11) is 2.28. The number of benzene rings is 1. The number of nitrogens with zero attached hydrogens (tertiary/aromatic N) is 1. The van der Waals surface area contributed by atoms with Crippen molar-refractivity contribution in [1.29, 1.82) is 0 Å². The molecule has 2 saturated heterocycles. The first-order valence-electron chi connectivity index (χ1n) is 7.40. The van der Waals surface area contributed by atoms with Gasteiger partial charge in [0.15, 0.2) is 0 Å². The topological polar surface area (TPSA) is 35.5 Å². The molecule has 19 heavy (non-hydrogen) atoms. The number of nitrogens with one attached hydrogen (secondary N) is 1. The lowest BCUT2D eigenvalue weighted by Gasteiger charge is -2.36. The molecule has 0 radical (unpaired) electrons. The van der Waals surface area contributed by atoms with E-state index in [0.29, 0.717) is 6.04 Å². The number of fused-ring (bicyclic) bond motifs is 2. The minimum absolute atomic E-state index is 0.131. The van der Waals surface area contributed by atoms with Crippen LogP contribution in [-0.2, 0) is 13.2 Å². The number of hydrogen-bond donors (Lipinski definition) is 2. The van der Waals surface area contributed by atoms with Gasteiger partial charge >= 0.3 is 0 Å². The van der Waals surface area contributed by atoms with Crippen LogP contribution in [0.15, 0.2) is 24.3 Å². The zero-order valence-corrected chi connectivity index (χ0v) is 11.7. The van der Waals surface area contributed by atoms with Gasteiger partial charge in [0.25, 0.3) is 0 Å². The molecule has 2 fully saturated rings. The Bertz CT molecular complexity index is 421. The summed E-state index contributed by atoms with van der Waals surface area (Å²) in [6.45, 7) is 1.05. The van der Waals surface area contributed by atoms with Crippen LogP contribution in [0.5, 0.6) is 0 Å². The Morgan fingerprint density at radius 1 is 1.21 bits per heavy atom. The van der Waals surface area contributed by atoms with Crippen molar-refractivity contribution in [2.24, 2.45) is 0 Å². The Balaban J connectivity index is 1.55. The summed E-state index contributed by atoms with van der Waals surface area (Å²) in [5, 5.41) is 12.9. The van der Waals surface area contributed by atoms with Crippen LogP contribution < -0.4 is 5.32 Å². The summed E-state index contributed by atoms with van der Waals surface area (Å²) in [6.07, 6.45) is 5.32. The number of aliphatic hydroxyl groups is 1. The molecule has 0 spiro atoms. The molecule has 2 aliphatic heterocycles. The minimum atomic E-state index is 0.131. The molecule has 1 aromatic rings. The maximum absolute atomic E-state index is 9.16. The molecule has 3 rings (SSSR count). The van der Waals surface area contributed by atoms with Crippen molar-refractivity contribution in [2.75, 3.05) is 7.05 Å². The zero-order valence-electron chi connectivity index (χ0n) is 11.7. The Morgan fingerprint density at radius 2 is 1.89 bits per heavy atom. The van der Waals surface area contributed by atoms with E-state index < -0.39 is 0 Å². The van der Waals surface area contributed by atoms with Crippen molar-refractivity contribution in [1.82, 2.24) is 10.2 Å². The largest absolute Gasteiger partial charge is 0.392 e. The zero-order chi connectivity index (χ0) is 13.2. The van der Waals surface area contributed by atoms with Gasteiger partial charge in [0.1, 0.15) is 0 Å². The summed E-state index contributed by atoms with van der Waals surface area (Å²) in [6, 6.07) is 10.5. The van der Waals surface area contributed by atoms with Gasteiger partial charge in [0.2, 0.25) is 0 Å². The lowest BCUT2D eigenvalue weighted by atomic mass is 9.97. The second kappa shape index (κ2) is 5.61. The van der Waals surface area contributed by atoms with Gasteiger partial charge in [-0.3, -0.25) is 0 Å². The monoisotopic (exact) mass is 260 g/mol. The van der Waals surface area contributed by atoms with Gasteiger partial charge in [-0.2, -0.15) is 0 Å². The molecule has 3 nitrogen and oxygen atoms in total. The predicted molar refractivity (Wildman–Crippen MR) is 76.8 cm³/mol. The second-order valence-electron chi connectivity index (χ2n) is 6.08. The number of rotatable bonds is 4. The molecule has 2 aliphatic rings. The van der Waals surface area contributed by atoms with Crippen molar-refractivity contribution in [2.45, 2.75) is 57.0 Å². The van der Waals surface area contributed by atoms with E-state index in [1.54, 1.807) is 0 Å². The molecule has 2 bridgehead atoms. The lowest BCUT2D eigenvalue weighted by Crippen LogP contribution is -2.46. The van der Waals surface area contributed by atoms with E-state index in [2.05, 4.69) is 29.4 Å². The van der Waals surface area contributed by atoms with E-state index in [9.17, 15) is 0 Å². The fraction of sp³-hybridized carbons (Fsp3) is 0.625. The Labute approximate surface area is 115 Å². The van der Waals surface area contributed by atoms with E-state index in [1.165, 1.54) is 31.2 Å². The highest BCUT2D eigenvalue weighted by molar-refractivity contribution is 5.22. The normalized spacial score (nSPS) is 30.7. The molecule has 2 unspecified atom stereocenters. The van der Waals surface area contributed by atoms with Crippen LogP contribution in [0.25, 0.3) is 0 Å². The van der Waals surface area contributed by atoms with Gasteiger partial charge in [-0.05, 0) is 43.9 Å². The third-order valence-corrected chi connectivity index (χ3v) is 4.87. The van der Waals surface area contributed by atoms with Crippen LogP contribution in [0.3, 0.4) is 0 Å². The lowest BCUT2D eigenvalue weighted by molar-refractivity contribution is 0.148. The molecule has 0 amide bonds. The summed E-state index contributed by atoms with van der Waals surface area (Å²) >= 11 is 0. The van der Waals surface area contributed by atoms with Crippen LogP contribution in [0.2, 0.25) is 0 Å². The van der Waals surface area contributed by atoms with Crippen LogP contribution in [0, 0.1) is 0 Å². The summed E-state index contributed by atoms with van der Waals surface area (Å²) in [4.78, 5) is 2.57. The molecule has 2 heterocycles. The Kier molecular flexibility index (Phi) is 3.87. The third-order valence-electron chi connectivity index (χ3n) is 4.87. The molecule has 3 heteroatoms. The maximum Gasteiger partial charge on any atom is 0.0681 e. The Hall–Kier alpha value is -0.900. The first-order valence-corrected chi connectivity index (χ1v) is 7.40. The average molecular weight is 260 g/mol. The average Bonchev–Trinajstić information content (AvgIpc) is 2.68. The standard InChI is InChI=1S/C16H24N2O/c1-18-15-5-6-16(18)9-14(8-15)17-10-12-3-2-4-13(7-12)11-19/h2-4,7,14-17,19H,5-6,8-11H2,1H3. The van der Waals surface area contributed by atoms with E-state index >= 15 is 0 Å². The third kappa shape index (κ3) is 2.83. The van der Waals surface area contributed by atoms with Gasteiger partial charge in [0.05, 0.1) is 6.61 Å². The molecular weight excluding hydrogens is 236 g/mol. The highest BCUT2D eigenvalue weighted by Crippen LogP contribution is 2.34. The second-order valence-corrected chi connectivity index (χ2v) is 6.08. The van der Waals surface area contributed by atoms with Gasteiger partial charge in [-0.15, -0.1) is 0 Å². The quantitative estimate of drug-likeness (QED) is 0.868. The van der Waals surface area contributed by atoms with Crippen molar-refractivity contribution in [3.8, 4) is 0 Å². The number of aliphatic hydroxyl groups excluding tert-OH is 1. The molecule has 0 saturated carbocycles. The fourth-order valence-electron chi connectivity index (χ4n) is 3.68. The van der Waals surface area contributed by atoms with E-state index in [-0.39, 0.29) is 6.61 Å². The molecule has 0 aliphatic carbocycles.